The van der Waals surface area contributed by atoms with Crippen LogP contribution >= 0.6 is 0 Å². The van der Waals surface area contributed by atoms with E-state index in [2.05, 4.69) is 21.1 Å². The van der Waals surface area contributed by atoms with Gasteiger partial charge in [-0.2, -0.15) is 10.2 Å². The van der Waals surface area contributed by atoms with Crippen LogP contribution in [-0.2, 0) is 9.59 Å². The van der Waals surface area contributed by atoms with E-state index in [0.29, 0.717) is 0 Å². The highest BCUT2D eigenvalue weighted by Crippen LogP contribution is 2.14. The summed E-state index contributed by atoms with van der Waals surface area (Å²) < 4.78 is 4.82. The van der Waals surface area contributed by atoms with Crippen molar-refractivity contribution in [1.29, 1.82) is 0 Å². The summed E-state index contributed by atoms with van der Waals surface area (Å²) in [4.78, 5) is 43.1. The first-order valence-electron chi connectivity index (χ1n) is 7.26. The van der Waals surface area contributed by atoms with Gasteiger partial charge < -0.3 is 14.6 Å². The molecule has 0 spiro atoms. The van der Waals surface area contributed by atoms with Gasteiger partial charge in [0.15, 0.2) is 5.76 Å². The number of carbonyl (C=O) groups excluding carboxylic acids is 1. The van der Waals surface area contributed by atoms with Gasteiger partial charge in [-0.1, -0.05) is 0 Å². The molecule has 2 aromatic rings. The zero-order valence-electron chi connectivity index (χ0n) is 13.7. The lowest BCUT2D eigenvalue weighted by Crippen LogP contribution is -2.24. The van der Waals surface area contributed by atoms with Gasteiger partial charge in [-0.15, -0.1) is 0 Å². The topological polar surface area (TPSA) is 197 Å². The van der Waals surface area contributed by atoms with Crippen LogP contribution in [0.4, 0.5) is 11.6 Å². The highest BCUT2D eigenvalue weighted by molar-refractivity contribution is 6.61. The number of amides is 1. The fourth-order valence-corrected chi connectivity index (χ4v) is 1.73. The second kappa shape index (κ2) is 8.70. The largest absolute Gasteiger partial charge is 0.476 e. The predicted octanol–water partition coefficient (Wildman–Crippen LogP) is 0.889. The van der Waals surface area contributed by atoms with Gasteiger partial charge in [-0.25, -0.2) is 15.0 Å². The number of hydrogen-bond donors (Lipinski definition) is 4. The molecule has 1 aromatic carbocycles. The molecule has 144 valence electrons. The fraction of sp³-hybridized carbons (Fsp3) is 0. The van der Waals surface area contributed by atoms with E-state index in [9.17, 15) is 24.5 Å². The summed E-state index contributed by atoms with van der Waals surface area (Å²) in [6.45, 7) is 0. The first-order valence-corrected chi connectivity index (χ1v) is 7.26. The number of aliphatic carboxylic acids is 2. The third kappa shape index (κ3) is 5.22. The van der Waals surface area contributed by atoms with Crippen LogP contribution in [-0.4, -0.2) is 44.9 Å². The van der Waals surface area contributed by atoms with Crippen molar-refractivity contribution in [3.05, 3.63) is 57.8 Å². The zero-order chi connectivity index (χ0) is 20.7. The van der Waals surface area contributed by atoms with E-state index in [0.717, 1.165) is 12.3 Å². The van der Waals surface area contributed by atoms with E-state index >= 15 is 0 Å². The van der Waals surface area contributed by atoms with Crippen molar-refractivity contribution in [3.8, 4) is 0 Å². The molecule has 1 heterocycles. The maximum atomic E-state index is 11.9. The molecule has 28 heavy (non-hydrogen) atoms. The second-order valence-electron chi connectivity index (χ2n) is 4.89. The number of nitrogens with zero attached hydrogens (tertiary/aromatic N) is 3. The van der Waals surface area contributed by atoms with Crippen molar-refractivity contribution < 1.29 is 33.9 Å². The number of anilines is 1. The van der Waals surface area contributed by atoms with Crippen LogP contribution in [0.3, 0.4) is 0 Å². The molecule has 0 saturated carbocycles. The number of hydrazone groups is 2. The third-order valence-electron chi connectivity index (χ3n) is 3.00. The van der Waals surface area contributed by atoms with Crippen molar-refractivity contribution in [3.63, 3.8) is 0 Å². The molecule has 0 aliphatic carbocycles. The normalized spacial score (nSPS) is 10.3. The Hall–Kier alpha value is -4.55. The Balaban J connectivity index is 1.96. The Morgan fingerprint density at radius 3 is 2.25 bits per heavy atom. The molecular formula is C15H11N5O8. The number of hydrogen-bond acceptors (Lipinski definition) is 9. The van der Waals surface area contributed by atoms with Crippen LogP contribution < -0.4 is 10.9 Å². The fourth-order valence-electron chi connectivity index (χ4n) is 1.73. The van der Waals surface area contributed by atoms with Crippen LogP contribution in [0.1, 0.15) is 16.1 Å². The molecule has 2 rings (SSSR count). The standard InChI is InChI=1S/C15H11N5O8/c21-13(19-16-7-10-5-6-11(28-10)20(26)27)8-1-3-9(4-2-8)17-18-12(14(22)23)15(24)25/h1-7,17H,(H,19,21)(H,22,23)(H,24,25)/b16-7+. The van der Waals surface area contributed by atoms with Crippen molar-refractivity contribution in [1.82, 2.24) is 5.43 Å². The predicted molar refractivity (Wildman–Crippen MR) is 93.2 cm³/mol. The smallest absolute Gasteiger partial charge is 0.433 e. The van der Waals surface area contributed by atoms with E-state index in [1.807, 2.05) is 0 Å². The zero-order valence-corrected chi connectivity index (χ0v) is 13.7. The van der Waals surface area contributed by atoms with E-state index in [1.54, 1.807) is 0 Å². The summed E-state index contributed by atoms with van der Waals surface area (Å²) in [5.74, 6) is -4.43. The number of nitro groups is 1. The molecule has 0 radical (unpaired) electrons. The first kappa shape index (κ1) is 19.8. The molecule has 0 aliphatic rings. The Morgan fingerprint density at radius 2 is 1.71 bits per heavy atom. The summed E-state index contributed by atoms with van der Waals surface area (Å²) in [5, 5.41) is 34.7. The van der Waals surface area contributed by atoms with Gasteiger partial charge >= 0.3 is 17.8 Å². The molecule has 13 nitrogen and oxygen atoms in total. The van der Waals surface area contributed by atoms with Crippen molar-refractivity contribution in [2.45, 2.75) is 0 Å². The van der Waals surface area contributed by atoms with Gasteiger partial charge in [0.2, 0.25) is 0 Å². The van der Waals surface area contributed by atoms with E-state index in [4.69, 9.17) is 14.6 Å². The molecule has 0 atom stereocenters. The van der Waals surface area contributed by atoms with Crippen molar-refractivity contribution in [2.24, 2.45) is 10.2 Å². The van der Waals surface area contributed by atoms with Gasteiger partial charge in [-0.3, -0.25) is 20.3 Å². The lowest BCUT2D eigenvalue weighted by molar-refractivity contribution is -0.402. The highest BCUT2D eigenvalue weighted by Gasteiger charge is 2.18. The van der Waals surface area contributed by atoms with E-state index in [-0.39, 0.29) is 17.0 Å². The lowest BCUT2D eigenvalue weighted by Gasteiger charge is -2.03. The number of carboxylic acids is 2. The second-order valence-corrected chi connectivity index (χ2v) is 4.89. The van der Waals surface area contributed by atoms with Crippen LogP contribution in [0.2, 0.25) is 0 Å². The van der Waals surface area contributed by atoms with Gasteiger partial charge in [-0.05, 0) is 30.3 Å². The monoisotopic (exact) mass is 389 g/mol. The van der Waals surface area contributed by atoms with Crippen molar-refractivity contribution in [2.75, 3.05) is 5.43 Å². The SMILES string of the molecule is O=C(O)C(=NNc1ccc(C(=O)N/N=C/c2ccc([N+](=O)[O-])o2)cc1)C(=O)O. The maximum Gasteiger partial charge on any atom is 0.433 e. The lowest BCUT2D eigenvalue weighted by atomic mass is 10.2. The molecule has 4 N–H and O–H groups in total. The Morgan fingerprint density at radius 1 is 1.07 bits per heavy atom. The van der Waals surface area contributed by atoms with Gasteiger partial charge in [0.25, 0.3) is 11.6 Å². The molecule has 1 aromatic heterocycles. The minimum atomic E-state index is -1.71. The first-order chi connectivity index (χ1) is 13.3. The molecule has 1 amide bonds. The Kier molecular flexibility index (Phi) is 6.15. The number of carbonyl (C=O) groups is 3. The van der Waals surface area contributed by atoms with Gasteiger partial charge in [0, 0.05) is 5.56 Å². The number of furan rings is 1. The average Bonchev–Trinajstić information content (AvgIpc) is 3.11. The molecule has 13 heteroatoms. The maximum absolute atomic E-state index is 11.9. The highest BCUT2D eigenvalue weighted by atomic mass is 16.6. The van der Waals surface area contributed by atoms with Crippen LogP contribution in [0.25, 0.3) is 0 Å². The molecule has 0 saturated heterocycles. The molecule has 0 aliphatic heterocycles. The van der Waals surface area contributed by atoms with Crippen LogP contribution in [0.5, 0.6) is 0 Å². The molecule has 0 fully saturated rings. The van der Waals surface area contributed by atoms with E-state index in [1.165, 1.54) is 30.3 Å². The van der Waals surface area contributed by atoms with E-state index < -0.39 is 34.4 Å². The molecule has 0 bridgehead atoms. The molecule has 0 unspecified atom stereocenters. The summed E-state index contributed by atoms with van der Waals surface area (Å²) >= 11 is 0. The summed E-state index contributed by atoms with van der Waals surface area (Å²) in [7, 11) is 0. The van der Waals surface area contributed by atoms with Crippen LogP contribution in [0.15, 0.2) is 51.0 Å². The quantitative estimate of drug-likeness (QED) is 0.219. The average molecular weight is 389 g/mol. The summed E-state index contributed by atoms with van der Waals surface area (Å²) in [6, 6.07) is 7.86. The number of rotatable bonds is 8. The Labute approximate surface area is 155 Å². The third-order valence-corrected chi connectivity index (χ3v) is 3.00. The number of nitrogens with one attached hydrogen (secondary N) is 2. The van der Waals surface area contributed by atoms with Gasteiger partial charge in [0.05, 0.1) is 18.0 Å². The minimum Gasteiger partial charge on any atom is -0.476 e. The Bertz CT molecular complexity index is 961. The molecular weight excluding hydrogens is 378 g/mol. The number of carboxylic acid groups (broad SMARTS) is 2. The number of benzene rings is 1. The summed E-state index contributed by atoms with van der Waals surface area (Å²) in [6.07, 6.45) is 1.08. The summed E-state index contributed by atoms with van der Waals surface area (Å²) in [5.41, 5.74) is 3.74. The van der Waals surface area contributed by atoms with Crippen molar-refractivity contribution >= 4 is 41.3 Å². The minimum absolute atomic E-state index is 0.0667. The van der Waals surface area contributed by atoms with Crippen LogP contribution in [0, 0.1) is 10.1 Å². The van der Waals surface area contributed by atoms with Gasteiger partial charge in [0.1, 0.15) is 4.92 Å².